The Morgan fingerprint density at radius 3 is 2.88 bits per heavy atom. The van der Waals surface area contributed by atoms with Gasteiger partial charge in [0.15, 0.2) is 15.8 Å². The second-order valence-corrected chi connectivity index (χ2v) is 7.57. The van der Waals surface area contributed by atoms with Crippen LogP contribution in [0.3, 0.4) is 0 Å². The van der Waals surface area contributed by atoms with Gasteiger partial charge in [0, 0.05) is 24.3 Å². The van der Waals surface area contributed by atoms with E-state index in [2.05, 4.69) is 20.6 Å². The zero-order valence-electron chi connectivity index (χ0n) is 14.0. The molecule has 2 heterocycles. The van der Waals surface area contributed by atoms with Gasteiger partial charge in [-0.3, -0.25) is 0 Å². The maximum atomic E-state index is 11.6. The lowest BCUT2D eigenvalue weighted by Crippen LogP contribution is -2.44. The number of aromatic nitrogens is 1. The van der Waals surface area contributed by atoms with E-state index >= 15 is 0 Å². The molecule has 0 saturated carbocycles. The van der Waals surface area contributed by atoms with Crippen LogP contribution in [-0.2, 0) is 16.4 Å². The molecule has 2 N–H and O–H groups in total. The smallest absolute Gasteiger partial charge is 0.218 e. The molecule has 0 radical (unpaired) electrons. The van der Waals surface area contributed by atoms with E-state index in [1.165, 1.54) is 0 Å². The Morgan fingerprint density at radius 2 is 2.25 bits per heavy atom. The number of pyridine rings is 1. The summed E-state index contributed by atoms with van der Waals surface area (Å²) < 4.78 is 28.6. The average Bonchev–Trinajstić information content (AvgIpc) is 2.85. The molecule has 1 aliphatic rings. The van der Waals surface area contributed by atoms with Crippen molar-refractivity contribution in [3.8, 4) is 5.88 Å². The first kappa shape index (κ1) is 20.9. The zero-order valence-corrected chi connectivity index (χ0v) is 17.1. The van der Waals surface area contributed by atoms with Gasteiger partial charge in [0.05, 0.1) is 24.7 Å². The van der Waals surface area contributed by atoms with Crippen molar-refractivity contribution >= 4 is 39.8 Å². The predicted molar refractivity (Wildman–Crippen MR) is 106 cm³/mol. The van der Waals surface area contributed by atoms with Crippen LogP contribution in [0, 0.1) is 0 Å². The highest BCUT2D eigenvalue weighted by Gasteiger charge is 2.28. The Bertz CT molecular complexity index is 652. The number of guanidine groups is 1. The van der Waals surface area contributed by atoms with Crippen LogP contribution in [0.15, 0.2) is 23.3 Å². The molecular formula is C15H25IN4O3S. The number of rotatable bonds is 6. The van der Waals surface area contributed by atoms with Crippen LogP contribution < -0.4 is 15.4 Å². The third-order valence-electron chi connectivity index (χ3n) is 3.46. The SMILES string of the molecule is CCNC(=NCc1cccnc1OCC)NC1CCS(=O)(=O)C1.I. The van der Waals surface area contributed by atoms with Crippen molar-refractivity contribution in [3.63, 3.8) is 0 Å². The Kier molecular flexibility index (Phi) is 8.74. The zero-order chi connectivity index (χ0) is 16.7. The summed E-state index contributed by atoms with van der Waals surface area (Å²) in [5.74, 6) is 1.59. The average molecular weight is 468 g/mol. The van der Waals surface area contributed by atoms with E-state index in [4.69, 9.17) is 4.74 Å². The summed E-state index contributed by atoms with van der Waals surface area (Å²) in [7, 11) is -2.91. The van der Waals surface area contributed by atoms with E-state index in [0.29, 0.717) is 38.0 Å². The topological polar surface area (TPSA) is 92.7 Å². The van der Waals surface area contributed by atoms with Crippen LogP contribution in [0.2, 0.25) is 0 Å². The molecule has 136 valence electrons. The van der Waals surface area contributed by atoms with Crippen LogP contribution in [0.5, 0.6) is 5.88 Å². The molecule has 24 heavy (non-hydrogen) atoms. The molecule has 1 aromatic heterocycles. The number of hydrogen-bond acceptors (Lipinski definition) is 5. The number of halogens is 1. The molecule has 0 amide bonds. The number of ether oxygens (including phenoxy) is 1. The summed E-state index contributed by atoms with van der Waals surface area (Å²) in [4.78, 5) is 8.72. The Balaban J connectivity index is 0.00000288. The molecule has 1 fully saturated rings. The van der Waals surface area contributed by atoms with Crippen molar-refractivity contribution < 1.29 is 13.2 Å². The number of nitrogens with zero attached hydrogens (tertiary/aromatic N) is 2. The van der Waals surface area contributed by atoms with Gasteiger partial charge in [0.25, 0.3) is 0 Å². The van der Waals surface area contributed by atoms with E-state index in [-0.39, 0.29) is 41.5 Å². The predicted octanol–water partition coefficient (Wildman–Crippen LogP) is 1.34. The van der Waals surface area contributed by atoms with Crippen molar-refractivity contribution in [2.75, 3.05) is 24.7 Å². The fourth-order valence-electron chi connectivity index (χ4n) is 2.40. The molecule has 9 heteroatoms. The van der Waals surface area contributed by atoms with Gasteiger partial charge < -0.3 is 15.4 Å². The van der Waals surface area contributed by atoms with Crippen molar-refractivity contribution in [3.05, 3.63) is 23.9 Å². The summed E-state index contributed by atoms with van der Waals surface area (Å²) in [5, 5.41) is 6.33. The van der Waals surface area contributed by atoms with Gasteiger partial charge in [-0.1, -0.05) is 6.07 Å². The van der Waals surface area contributed by atoms with Crippen molar-refractivity contribution in [1.29, 1.82) is 0 Å². The highest BCUT2D eigenvalue weighted by atomic mass is 127. The van der Waals surface area contributed by atoms with E-state index < -0.39 is 9.84 Å². The van der Waals surface area contributed by atoms with Gasteiger partial charge in [0.2, 0.25) is 5.88 Å². The maximum Gasteiger partial charge on any atom is 0.218 e. The molecule has 0 aromatic carbocycles. The minimum Gasteiger partial charge on any atom is -0.478 e. The van der Waals surface area contributed by atoms with E-state index in [9.17, 15) is 8.42 Å². The maximum absolute atomic E-state index is 11.6. The van der Waals surface area contributed by atoms with Crippen LogP contribution >= 0.6 is 24.0 Å². The summed E-state index contributed by atoms with van der Waals surface area (Å²) in [6.07, 6.45) is 2.30. The molecular weight excluding hydrogens is 443 g/mol. The second kappa shape index (κ2) is 10.0. The van der Waals surface area contributed by atoms with E-state index in [0.717, 1.165) is 5.56 Å². The first-order valence-electron chi connectivity index (χ1n) is 7.86. The fraction of sp³-hybridized carbons (Fsp3) is 0.600. The minimum atomic E-state index is -2.91. The molecule has 1 unspecified atom stereocenters. The van der Waals surface area contributed by atoms with Crippen LogP contribution in [0.25, 0.3) is 0 Å². The second-order valence-electron chi connectivity index (χ2n) is 5.34. The van der Waals surface area contributed by atoms with Crippen molar-refractivity contribution in [2.24, 2.45) is 4.99 Å². The Hall–Kier alpha value is -1.10. The van der Waals surface area contributed by atoms with Crippen LogP contribution in [-0.4, -0.2) is 50.1 Å². The molecule has 1 saturated heterocycles. The normalized spacial score (nSPS) is 19.4. The lowest BCUT2D eigenvalue weighted by atomic mass is 10.2. The van der Waals surface area contributed by atoms with E-state index in [1.54, 1.807) is 6.20 Å². The number of sulfone groups is 1. The quantitative estimate of drug-likeness (QED) is 0.372. The summed E-state index contributed by atoms with van der Waals surface area (Å²) in [5.41, 5.74) is 0.894. The molecule has 1 aliphatic heterocycles. The monoisotopic (exact) mass is 468 g/mol. The van der Waals surface area contributed by atoms with E-state index in [1.807, 2.05) is 26.0 Å². The molecule has 1 atom stereocenters. The molecule has 0 spiro atoms. The largest absolute Gasteiger partial charge is 0.478 e. The van der Waals surface area contributed by atoms with Gasteiger partial charge in [0.1, 0.15) is 0 Å². The number of hydrogen-bond donors (Lipinski definition) is 2. The number of nitrogens with one attached hydrogen (secondary N) is 2. The van der Waals surface area contributed by atoms with Gasteiger partial charge in [-0.05, 0) is 26.3 Å². The van der Waals surface area contributed by atoms with Gasteiger partial charge in [-0.25, -0.2) is 18.4 Å². The molecule has 0 bridgehead atoms. The lowest BCUT2D eigenvalue weighted by Gasteiger charge is -2.16. The molecule has 7 nitrogen and oxygen atoms in total. The van der Waals surface area contributed by atoms with Crippen LogP contribution in [0.1, 0.15) is 25.8 Å². The highest BCUT2D eigenvalue weighted by molar-refractivity contribution is 14.0. The summed E-state index contributed by atoms with van der Waals surface area (Å²) in [6, 6.07) is 3.68. The first-order chi connectivity index (χ1) is 11.0. The van der Waals surface area contributed by atoms with Crippen molar-refractivity contribution in [1.82, 2.24) is 15.6 Å². The minimum absolute atomic E-state index is 0. The Morgan fingerprint density at radius 1 is 1.46 bits per heavy atom. The summed E-state index contributed by atoms with van der Waals surface area (Å²) in [6.45, 7) is 5.55. The van der Waals surface area contributed by atoms with Gasteiger partial charge >= 0.3 is 0 Å². The molecule has 1 aromatic rings. The van der Waals surface area contributed by atoms with Crippen molar-refractivity contribution in [2.45, 2.75) is 32.9 Å². The third kappa shape index (κ3) is 6.42. The van der Waals surface area contributed by atoms with Gasteiger partial charge in [-0.2, -0.15) is 0 Å². The van der Waals surface area contributed by atoms with Crippen LogP contribution in [0.4, 0.5) is 0 Å². The lowest BCUT2D eigenvalue weighted by molar-refractivity contribution is 0.323. The fourth-order valence-corrected chi connectivity index (χ4v) is 4.07. The molecule has 0 aliphatic carbocycles. The first-order valence-corrected chi connectivity index (χ1v) is 9.68. The number of aliphatic imine (C=N–C) groups is 1. The highest BCUT2D eigenvalue weighted by Crippen LogP contribution is 2.15. The third-order valence-corrected chi connectivity index (χ3v) is 5.22. The Labute approximate surface area is 160 Å². The van der Waals surface area contributed by atoms with Gasteiger partial charge in [-0.15, -0.1) is 24.0 Å². The molecule has 2 rings (SSSR count). The summed E-state index contributed by atoms with van der Waals surface area (Å²) >= 11 is 0. The standard InChI is InChI=1S/C15H24N4O3S.HI/c1-3-16-15(19-13-7-9-23(20,21)11-13)18-10-12-6-5-8-17-14(12)22-4-2;/h5-6,8,13H,3-4,7,9-11H2,1-2H3,(H2,16,18,19);1H.